The van der Waals surface area contributed by atoms with E-state index in [1.807, 2.05) is 24.6 Å². The van der Waals surface area contributed by atoms with Gasteiger partial charge in [0.15, 0.2) is 5.13 Å². The Morgan fingerprint density at radius 1 is 1.19 bits per heavy atom. The molecular formula is C19H16N4OS2. The number of carbonyl (C=O) groups is 1. The van der Waals surface area contributed by atoms with Gasteiger partial charge < -0.3 is 5.32 Å². The van der Waals surface area contributed by atoms with Crippen LogP contribution in [0.4, 0.5) is 5.13 Å². The van der Waals surface area contributed by atoms with Gasteiger partial charge in [0.1, 0.15) is 0 Å². The fraction of sp³-hybridized carbons (Fsp3) is 0.158. The molecule has 0 aliphatic rings. The Hall–Kier alpha value is -2.64. The number of aromatic nitrogens is 3. The molecular weight excluding hydrogens is 364 g/mol. The van der Waals surface area contributed by atoms with Crippen LogP contribution in [-0.2, 0) is 11.2 Å². The molecule has 0 fully saturated rings. The normalized spacial score (nSPS) is 11.0. The van der Waals surface area contributed by atoms with Gasteiger partial charge >= 0.3 is 0 Å². The lowest BCUT2D eigenvalue weighted by Crippen LogP contribution is -2.04. The van der Waals surface area contributed by atoms with Crippen LogP contribution >= 0.6 is 22.7 Å². The average Bonchev–Trinajstić information content (AvgIpc) is 3.21. The second kappa shape index (κ2) is 6.93. The second-order valence-electron chi connectivity index (χ2n) is 5.91. The molecule has 0 saturated heterocycles. The summed E-state index contributed by atoms with van der Waals surface area (Å²) in [5.41, 5.74) is 3.98. The van der Waals surface area contributed by atoms with Gasteiger partial charge in [-0.15, -0.1) is 11.3 Å². The van der Waals surface area contributed by atoms with Gasteiger partial charge in [0.2, 0.25) is 5.91 Å². The van der Waals surface area contributed by atoms with Crippen molar-refractivity contribution in [2.24, 2.45) is 0 Å². The largest absolute Gasteiger partial charge is 0.302 e. The summed E-state index contributed by atoms with van der Waals surface area (Å²) in [6, 6.07) is 10.3. The summed E-state index contributed by atoms with van der Waals surface area (Å²) in [5, 5.41) is 7.57. The Morgan fingerprint density at radius 2 is 2.04 bits per heavy atom. The lowest BCUT2D eigenvalue weighted by Gasteiger charge is -2.03. The predicted octanol–water partition coefficient (Wildman–Crippen LogP) is 4.67. The molecule has 0 spiro atoms. The number of pyridine rings is 1. The maximum atomic E-state index is 11.2. The number of hydrogen-bond acceptors (Lipinski definition) is 6. The molecule has 5 nitrogen and oxygen atoms in total. The number of nitrogens with zero attached hydrogens (tertiary/aromatic N) is 3. The van der Waals surface area contributed by atoms with E-state index in [9.17, 15) is 4.79 Å². The number of rotatable bonds is 4. The van der Waals surface area contributed by atoms with Crippen LogP contribution < -0.4 is 5.32 Å². The van der Waals surface area contributed by atoms with E-state index < -0.39 is 0 Å². The van der Waals surface area contributed by atoms with Crippen molar-refractivity contribution in [2.45, 2.75) is 20.3 Å². The monoisotopic (exact) mass is 380 g/mol. The smallest absolute Gasteiger partial charge is 0.223 e. The number of aryl methyl sites for hydroxylation is 1. The Balaban J connectivity index is 1.62. The summed E-state index contributed by atoms with van der Waals surface area (Å²) < 4.78 is 0. The zero-order valence-electron chi connectivity index (χ0n) is 14.3. The highest BCUT2D eigenvalue weighted by Crippen LogP contribution is 2.34. The molecule has 26 heavy (non-hydrogen) atoms. The van der Waals surface area contributed by atoms with Gasteiger partial charge in [0.05, 0.1) is 26.8 Å². The molecule has 0 radical (unpaired) electrons. The number of nitrogens with one attached hydrogen (secondary N) is 1. The number of amides is 1. The topological polar surface area (TPSA) is 67.8 Å². The Bertz CT molecular complexity index is 1090. The third-order valence-electron chi connectivity index (χ3n) is 3.92. The summed E-state index contributed by atoms with van der Waals surface area (Å²) >= 11 is 3.08. The Kier molecular flexibility index (Phi) is 4.48. The summed E-state index contributed by atoms with van der Waals surface area (Å²) in [5.74, 6) is -0.118. The van der Waals surface area contributed by atoms with Crippen LogP contribution in [0.1, 0.15) is 23.2 Å². The van der Waals surface area contributed by atoms with E-state index in [0.29, 0.717) is 5.13 Å². The maximum Gasteiger partial charge on any atom is 0.223 e. The van der Waals surface area contributed by atoms with Crippen molar-refractivity contribution in [3.8, 4) is 10.6 Å². The zero-order chi connectivity index (χ0) is 18.1. The van der Waals surface area contributed by atoms with Gasteiger partial charge in [-0.25, -0.2) is 9.97 Å². The van der Waals surface area contributed by atoms with Crippen molar-refractivity contribution in [2.75, 3.05) is 5.32 Å². The van der Waals surface area contributed by atoms with Crippen molar-refractivity contribution in [1.82, 2.24) is 15.0 Å². The van der Waals surface area contributed by atoms with E-state index >= 15 is 0 Å². The van der Waals surface area contributed by atoms with E-state index in [1.54, 1.807) is 11.3 Å². The van der Waals surface area contributed by atoms with Crippen LogP contribution in [0.5, 0.6) is 0 Å². The first-order valence-electron chi connectivity index (χ1n) is 8.12. The van der Waals surface area contributed by atoms with E-state index in [1.165, 1.54) is 23.8 Å². The Morgan fingerprint density at radius 3 is 2.88 bits per heavy atom. The first-order chi connectivity index (χ1) is 12.6. The quantitative estimate of drug-likeness (QED) is 0.558. The van der Waals surface area contributed by atoms with Gasteiger partial charge in [-0.05, 0) is 18.6 Å². The molecule has 0 bridgehead atoms. The minimum Gasteiger partial charge on any atom is -0.302 e. The molecule has 3 aromatic heterocycles. The summed E-state index contributed by atoms with van der Waals surface area (Å²) in [7, 11) is 0. The van der Waals surface area contributed by atoms with Crippen LogP contribution in [0.25, 0.3) is 21.5 Å². The van der Waals surface area contributed by atoms with E-state index in [2.05, 4.69) is 39.6 Å². The highest BCUT2D eigenvalue weighted by Gasteiger charge is 2.14. The van der Waals surface area contributed by atoms with E-state index in [4.69, 9.17) is 4.98 Å². The molecule has 130 valence electrons. The highest BCUT2D eigenvalue weighted by atomic mass is 32.1. The van der Waals surface area contributed by atoms with Crippen molar-refractivity contribution >= 4 is 44.6 Å². The van der Waals surface area contributed by atoms with Crippen LogP contribution in [0.2, 0.25) is 0 Å². The summed E-state index contributed by atoms with van der Waals surface area (Å²) in [6.45, 7) is 3.42. The number of benzene rings is 1. The minimum atomic E-state index is -0.118. The van der Waals surface area contributed by atoms with Crippen LogP contribution in [0.3, 0.4) is 0 Å². The molecule has 0 saturated carbocycles. The van der Waals surface area contributed by atoms with Crippen molar-refractivity contribution in [3.05, 3.63) is 58.2 Å². The molecule has 4 aromatic rings. The number of para-hydroxylation sites is 1. The SMILES string of the molecule is CC(=O)Nc1nc(C)c(-c2csc(Cc3cccc4cccnc34)n2)s1. The fourth-order valence-electron chi connectivity index (χ4n) is 2.81. The van der Waals surface area contributed by atoms with Gasteiger partial charge in [0, 0.05) is 30.3 Å². The first-order valence-corrected chi connectivity index (χ1v) is 9.82. The predicted molar refractivity (Wildman–Crippen MR) is 107 cm³/mol. The highest BCUT2D eigenvalue weighted by molar-refractivity contribution is 7.19. The lowest BCUT2D eigenvalue weighted by molar-refractivity contribution is -0.114. The number of carbonyl (C=O) groups excluding carboxylic acids is 1. The summed E-state index contributed by atoms with van der Waals surface area (Å²) in [6.07, 6.45) is 2.57. The zero-order valence-corrected chi connectivity index (χ0v) is 15.9. The van der Waals surface area contributed by atoms with E-state index in [0.717, 1.165) is 38.6 Å². The van der Waals surface area contributed by atoms with Crippen molar-refractivity contribution < 1.29 is 4.79 Å². The Labute approximate surface area is 158 Å². The number of fused-ring (bicyclic) bond motifs is 1. The second-order valence-corrected chi connectivity index (χ2v) is 7.85. The van der Waals surface area contributed by atoms with Gasteiger partial charge in [-0.2, -0.15) is 0 Å². The molecule has 1 aromatic carbocycles. The van der Waals surface area contributed by atoms with Crippen molar-refractivity contribution in [3.63, 3.8) is 0 Å². The van der Waals surface area contributed by atoms with Crippen LogP contribution in [0, 0.1) is 6.92 Å². The van der Waals surface area contributed by atoms with Crippen LogP contribution in [0.15, 0.2) is 41.9 Å². The van der Waals surface area contributed by atoms with Gasteiger partial charge in [0.25, 0.3) is 0 Å². The molecule has 4 rings (SSSR count). The molecule has 1 amide bonds. The molecule has 7 heteroatoms. The number of hydrogen-bond donors (Lipinski definition) is 1. The van der Waals surface area contributed by atoms with Gasteiger partial charge in [-0.1, -0.05) is 35.6 Å². The standard InChI is InChI=1S/C19H16N4OS2/c1-11-18(26-19(21-11)22-12(2)24)15-10-25-16(23-15)9-14-6-3-5-13-7-4-8-20-17(13)14/h3-8,10H,9H2,1-2H3,(H,21,22,24). The average molecular weight is 380 g/mol. The third kappa shape index (κ3) is 3.36. The number of anilines is 1. The lowest BCUT2D eigenvalue weighted by atomic mass is 10.1. The maximum absolute atomic E-state index is 11.2. The van der Waals surface area contributed by atoms with Gasteiger partial charge in [-0.3, -0.25) is 9.78 Å². The minimum absolute atomic E-state index is 0.118. The fourth-order valence-corrected chi connectivity index (χ4v) is 4.66. The molecule has 0 atom stereocenters. The number of thiazole rings is 2. The molecule has 1 N–H and O–H groups in total. The molecule has 0 aliphatic heterocycles. The third-order valence-corrected chi connectivity index (χ3v) is 5.87. The van der Waals surface area contributed by atoms with Crippen molar-refractivity contribution in [1.29, 1.82) is 0 Å². The molecule has 0 unspecified atom stereocenters. The first kappa shape index (κ1) is 16.8. The summed E-state index contributed by atoms with van der Waals surface area (Å²) in [4.78, 5) is 25.9. The molecule has 0 aliphatic carbocycles. The van der Waals surface area contributed by atoms with E-state index in [-0.39, 0.29) is 5.91 Å². The molecule has 3 heterocycles. The van der Waals surface area contributed by atoms with Crippen LogP contribution in [-0.4, -0.2) is 20.9 Å².